The van der Waals surface area contributed by atoms with E-state index in [9.17, 15) is 13.2 Å². The summed E-state index contributed by atoms with van der Waals surface area (Å²) in [4.78, 5) is 17.0. The lowest BCUT2D eigenvalue weighted by Crippen LogP contribution is -2.21. The number of nitrogens with one attached hydrogen (secondary N) is 1. The minimum atomic E-state index is -3.42. The van der Waals surface area contributed by atoms with Gasteiger partial charge in [0.15, 0.2) is 15.7 Å². The van der Waals surface area contributed by atoms with Gasteiger partial charge in [0.2, 0.25) is 5.91 Å². The Labute approximate surface area is 186 Å². The summed E-state index contributed by atoms with van der Waals surface area (Å²) in [6.07, 6.45) is 6.98. The molecule has 1 unspecified atom stereocenters. The van der Waals surface area contributed by atoms with Crippen LogP contribution in [0.15, 0.2) is 46.6 Å². The molecule has 31 heavy (non-hydrogen) atoms. The minimum absolute atomic E-state index is 0.0684. The van der Waals surface area contributed by atoms with Crippen molar-refractivity contribution in [2.24, 2.45) is 16.8 Å². The lowest BCUT2D eigenvalue weighted by molar-refractivity contribution is -0.116. The molecule has 1 aliphatic carbocycles. The van der Waals surface area contributed by atoms with E-state index in [2.05, 4.69) is 15.5 Å². The van der Waals surface area contributed by atoms with Gasteiger partial charge in [-0.2, -0.15) is 0 Å². The van der Waals surface area contributed by atoms with Crippen molar-refractivity contribution in [3.8, 4) is 0 Å². The van der Waals surface area contributed by atoms with Crippen LogP contribution in [0.5, 0.6) is 0 Å². The van der Waals surface area contributed by atoms with Crippen molar-refractivity contribution in [2.45, 2.75) is 42.9 Å². The largest absolute Gasteiger partial charge is 0.409 e. The monoisotopic (exact) mass is 464 g/mol. The number of anilines is 1. The number of benzene rings is 1. The highest BCUT2D eigenvalue weighted by Gasteiger charge is 2.29. The number of pyridine rings is 1. The predicted octanol–water partition coefficient (Wildman–Crippen LogP) is 3.54. The molecule has 1 atom stereocenters. The first-order valence-electron chi connectivity index (χ1n) is 9.92. The Hall–Kier alpha value is -2.65. The Morgan fingerprint density at radius 3 is 2.58 bits per heavy atom. The average Bonchev–Trinajstić information content (AvgIpc) is 3.25. The van der Waals surface area contributed by atoms with Gasteiger partial charge in [-0.15, -0.1) is 0 Å². The fourth-order valence-corrected chi connectivity index (χ4v) is 5.37. The molecule has 3 rings (SSSR count). The molecule has 1 amide bonds. The first-order valence-corrected chi connectivity index (χ1v) is 12.2. The Bertz CT molecular complexity index is 1080. The third-order valence-electron chi connectivity index (χ3n) is 5.59. The molecule has 1 saturated carbocycles. The lowest BCUT2D eigenvalue weighted by Gasteiger charge is -2.24. The van der Waals surface area contributed by atoms with Gasteiger partial charge >= 0.3 is 0 Å². The molecule has 4 N–H and O–H groups in total. The number of carbonyl (C=O) groups excluding carboxylic acids is 1. The minimum Gasteiger partial charge on any atom is -0.409 e. The summed E-state index contributed by atoms with van der Waals surface area (Å²) < 4.78 is 23.7. The van der Waals surface area contributed by atoms with Crippen LogP contribution >= 0.6 is 11.6 Å². The molecule has 10 heteroatoms. The molecule has 2 aromatic rings. The number of amidine groups is 1. The summed E-state index contributed by atoms with van der Waals surface area (Å²) in [7, 11) is -3.42. The van der Waals surface area contributed by atoms with Gasteiger partial charge in [0.1, 0.15) is 5.82 Å². The van der Waals surface area contributed by atoms with E-state index in [1.54, 1.807) is 24.3 Å². The van der Waals surface area contributed by atoms with E-state index in [0.29, 0.717) is 17.3 Å². The van der Waals surface area contributed by atoms with E-state index >= 15 is 0 Å². The molecule has 0 spiro atoms. The number of hydrogen-bond acceptors (Lipinski definition) is 6. The first kappa shape index (κ1) is 23.0. The molecule has 166 valence electrons. The summed E-state index contributed by atoms with van der Waals surface area (Å²) in [5.41, 5.74) is 6.81. The zero-order valence-electron chi connectivity index (χ0n) is 17.1. The van der Waals surface area contributed by atoms with Gasteiger partial charge in [-0.1, -0.05) is 35.7 Å². The van der Waals surface area contributed by atoms with E-state index in [-0.39, 0.29) is 34.0 Å². The van der Waals surface area contributed by atoms with Crippen LogP contribution in [0.1, 0.15) is 49.1 Å². The van der Waals surface area contributed by atoms with Crippen LogP contribution in [0.2, 0.25) is 5.02 Å². The Morgan fingerprint density at radius 1 is 1.32 bits per heavy atom. The van der Waals surface area contributed by atoms with Crippen LogP contribution in [0, 0.1) is 5.92 Å². The van der Waals surface area contributed by atoms with Crippen molar-refractivity contribution in [1.29, 1.82) is 0 Å². The molecule has 1 aromatic carbocycles. The number of nitrogens with two attached hydrogens (primary N) is 1. The smallest absolute Gasteiger partial charge is 0.226 e. The summed E-state index contributed by atoms with van der Waals surface area (Å²) in [6.45, 7) is 0. The molecular formula is C21H25ClN4O4S. The van der Waals surface area contributed by atoms with Gasteiger partial charge < -0.3 is 16.3 Å². The Morgan fingerprint density at radius 2 is 2.03 bits per heavy atom. The number of hydrogen-bond donors (Lipinski definition) is 3. The lowest BCUT2D eigenvalue weighted by atomic mass is 9.82. The topological polar surface area (TPSA) is 135 Å². The highest BCUT2D eigenvalue weighted by atomic mass is 35.5. The number of aromatic nitrogens is 1. The van der Waals surface area contributed by atoms with Gasteiger partial charge in [0.05, 0.1) is 9.92 Å². The predicted molar refractivity (Wildman–Crippen MR) is 119 cm³/mol. The second-order valence-electron chi connectivity index (χ2n) is 7.78. The van der Waals surface area contributed by atoms with Crippen LogP contribution in [-0.2, 0) is 14.6 Å². The molecule has 0 radical (unpaired) electrons. The van der Waals surface area contributed by atoms with Crippen LogP contribution in [0.4, 0.5) is 5.82 Å². The summed E-state index contributed by atoms with van der Waals surface area (Å²) in [5, 5.41) is 14.6. The van der Waals surface area contributed by atoms with Crippen LogP contribution in [-0.4, -0.2) is 36.6 Å². The van der Waals surface area contributed by atoms with Crippen molar-refractivity contribution in [2.75, 3.05) is 11.6 Å². The highest BCUT2D eigenvalue weighted by Crippen LogP contribution is 2.40. The first-order chi connectivity index (χ1) is 14.7. The standard InChI is InChI=1S/C21H25ClN4O4S/c1-31(29,30)18-8-6-14(10-17(18)22)16(13-4-2-3-5-13)11-20(27)25-19-9-7-15(12-24-19)21(23)26-28/h6-10,12-13,16,28H,2-5,11H2,1H3,(H2,23,26)(H,24,25,27). The van der Waals surface area contributed by atoms with E-state index in [1.165, 1.54) is 12.3 Å². The van der Waals surface area contributed by atoms with Crippen LogP contribution in [0.25, 0.3) is 0 Å². The van der Waals surface area contributed by atoms with E-state index in [0.717, 1.165) is 37.5 Å². The average molecular weight is 465 g/mol. The zero-order valence-corrected chi connectivity index (χ0v) is 18.7. The molecule has 0 aliphatic heterocycles. The van der Waals surface area contributed by atoms with Gasteiger partial charge in [-0.3, -0.25) is 4.79 Å². The van der Waals surface area contributed by atoms with Gasteiger partial charge in [-0.05, 0) is 54.5 Å². The zero-order chi connectivity index (χ0) is 22.6. The van der Waals surface area contributed by atoms with Gasteiger partial charge in [-0.25, -0.2) is 13.4 Å². The molecule has 0 saturated heterocycles. The van der Waals surface area contributed by atoms with E-state index in [4.69, 9.17) is 22.5 Å². The maximum Gasteiger partial charge on any atom is 0.226 e. The van der Waals surface area contributed by atoms with Crippen LogP contribution in [0.3, 0.4) is 0 Å². The third-order valence-corrected chi connectivity index (χ3v) is 7.17. The molecule has 1 aliphatic rings. The van der Waals surface area contributed by atoms with Crippen molar-refractivity contribution in [3.05, 3.63) is 52.7 Å². The number of halogens is 1. The number of rotatable bonds is 7. The van der Waals surface area contributed by atoms with Gasteiger partial charge in [0.25, 0.3) is 0 Å². The molecule has 1 heterocycles. The highest BCUT2D eigenvalue weighted by molar-refractivity contribution is 7.90. The maximum absolute atomic E-state index is 12.8. The SMILES string of the molecule is CS(=O)(=O)c1ccc(C(CC(=O)Nc2ccc(C(N)=NO)cn2)C2CCCC2)cc1Cl. The van der Waals surface area contributed by atoms with Gasteiger partial charge in [0, 0.05) is 24.4 Å². The second kappa shape index (κ2) is 9.65. The number of sulfone groups is 1. The Kier molecular flexibility index (Phi) is 7.17. The van der Waals surface area contributed by atoms with Crippen molar-refractivity contribution in [3.63, 3.8) is 0 Å². The fourth-order valence-electron chi connectivity index (χ4n) is 4.04. The Balaban J connectivity index is 1.79. The summed E-state index contributed by atoms with van der Waals surface area (Å²) in [6, 6.07) is 8.10. The molecule has 0 bridgehead atoms. The van der Waals surface area contributed by atoms with Crippen molar-refractivity contribution < 1.29 is 18.4 Å². The van der Waals surface area contributed by atoms with Crippen LogP contribution < -0.4 is 11.1 Å². The molecule has 1 fully saturated rings. The van der Waals surface area contributed by atoms with Crippen molar-refractivity contribution >= 4 is 39.0 Å². The van der Waals surface area contributed by atoms with E-state index < -0.39 is 9.84 Å². The summed E-state index contributed by atoms with van der Waals surface area (Å²) >= 11 is 6.26. The molecular weight excluding hydrogens is 440 g/mol. The summed E-state index contributed by atoms with van der Waals surface area (Å²) in [5.74, 6) is 0.326. The third kappa shape index (κ3) is 5.74. The molecule has 8 nitrogen and oxygen atoms in total. The molecule has 1 aromatic heterocycles. The maximum atomic E-state index is 12.8. The van der Waals surface area contributed by atoms with E-state index in [1.807, 2.05) is 0 Å². The second-order valence-corrected chi connectivity index (χ2v) is 10.2. The van der Waals surface area contributed by atoms with Crippen molar-refractivity contribution in [1.82, 2.24) is 4.98 Å². The normalized spacial score (nSPS) is 16.3. The number of amides is 1. The number of carbonyl (C=O) groups is 1. The number of oxime groups is 1. The fraction of sp³-hybridized carbons (Fsp3) is 0.381. The number of nitrogens with zero attached hydrogens (tertiary/aromatic N) is 2. The quantitative estimate of drug-likeness (QED) is 0.248.